The van der Waals surface area contributed by atoms with Crippen molar-refractivity contribution in [2.75, 3.05) is 0 Å². The molecule has 0 unspecified atom stereocenters. The normalized spacial score (nSPS) is 18.0. The van der Waals surface area contributed by atoms with Gasteiger partial charge in [0.25, 0.3) is 0 Å². The maximum absolute atomic E-state index is 6.08. The third-order valence-electron chi connectivity index (χ3n) is 5.11. The second-order valence-corrected chi connectivity index (χ2v) is 8.26. The maximum atomic E-state index is 6.08. The molecule has 0 bridgehead atoms. The Labute approximate surface area is 162 Å². The van der Waals surface area contributed by atoms with E-state index in [-0.39, 0.29) is 24.4 Å². The lowest BCUT2D eigenvalue weighted by Crippen LogP contribution is -2.41. The summed E-state index contributed by atoms with van der Waals surface area (Å²) in [4.78, 5) is 0. The summed E-state index contributed by atoms with van der Waals surface area (Å²) in [7, 11) is -0.349. The van der Waals surface area contributed by atoms with Crippen LogP contribution in [0.15, 0.2) is 48.5 Å². The van der Waals surface area contributed by atoms with Crippen LogP contribution in [0.25, 0.3) is 0 Å². The Hall–Kier alpha value is -1.98. The molecule has 1 aliphatic rings. The molecular formula is C22H29BO4. The molecule has 1 heterocycles. The summed E-state index contributed by atoms with van der Waals surface area (Å²) in [5.41, 5.74) is 1.42. The van der Waals surface area contributed by atoms with E-state index in [0.29, 0.717) is 6.61 Å². The van der Waals surface area contributed by atoms with Crippen LogP contribution < -0.4 is 14.9 Å². The zero-order valence-corrected chi connectivity index (χ0v) is 17.1. The van der Waals surface area contributed by atoms with Crippen molar-refractivity contribution >= 4 is 12.6 Å². The highest BCUT2D eigenvalue weighted by Crippen LogP contribution is 2.36. The van der Waals surface area contributed by atoms with Crippen LogP contribution >= 0.6 is 0 Å². The minimum absolute atomic E-state index is 0.176. The van der Waals surface area contributed by atoms with Crippen LogP contribution in [-0.4, -0.2) is 24.4 Å². The van der Waals surface area contributed by atoms with Gasteiger partial charge in [0, 0.05) is 0 Å². The van der Waals surface area contributed by atoms with E-state index in [0.717, 1.165) is 22.5 Å². The van der Waals surface area contributed by atoms with Crippen molar-refractivity contribution < 1.29 is 18.8 Å². The first kappa shape index (κ1) is 19.8. The topological polar surface area (TPSA) is 36.9 Å². The van der Waals surface area contributed by atoms with Gasteiger partial charge in [0.1, 0.15) is 18.1 Å². The van der Waals surface area contributed by atoms with E-state index in [1.54, 1.807) is 0 Å². The Balaban J connectivity index is 1.57. The fourth-order valence-electron chi connectivity index (χ4n) is 2.80. The van der Waals surface area contributed by atoms with Crippen LogP contribution in [0.4, 0.5) is 0 Å². The lowest BCUT2D eigenvalue weighted by atomic mass is 9.79. The molecule has 0 amide bonds. The number of hydrogen-bond acceptors (Lipinski definition) is 4. The third-order valence-corrected chi connectivity index (χ3v) is 5.11. The average Bonchev–Trinajstić information content (AvgIpc) is 2.82. The summed E-state index contributed by atoms with van der Waals surface area (Å²) in [6.45, 7) is 12.8. The Bertz CT molecular complexity index is 735. The molecule has 1 aliphatic heterocycles. The summed E-state index contributed by atoms with van der Waals surface area (Å²) >= 11 is 0. The first-order valence-electron chi connectivity index (χ1n) is 9.50. The molecule has 0 N–H and O–H groups in total. The summed E-state index contributed by atoms with van der Waals surface area (Å²) in [6, 6.07) is 15.9. The summed E-state index contributed by atoms with van der Waals surface area (Å²) in [6.07, 6.45) is 0.176. The highest BCUT2D eigenvalue weighted by Gasteiger charge is 2.51. The van der Waals surface area contributed by atoms with Crippen LogP contribution in [0.2, 0.25) is 0 Å². The van der Waals surface area contributed by atoms with Gasteiger partial charge >= 0.3 is 7.12 Å². The Morgan fingerprint density at radius 3 is 1.85 bits per heavy atom. The predicted molar refractivity (Wildman–Crippen MR) is 109 cm³/mol. The van der Waals surface area contributed by atoms with E-state index in [1.807, 2.05) is 62.4 Å². The molecule has 0 aliphatic carbocycles. The Morgan fingerprint density at radius 2 is 1.33 bits per heavy atom. The summed E-state index contributed by atoms with van der Waals surface area (Å²) in [5, 5.41) is 0. The van der Waals surface area contributed by atoms with Crippen molar-refractivity contribution in [1.29, 1.82) is 0 Å². The maximum Gasteiger partial charge on any atom is 0.494 e. The highest BCUT2D eigenvalue weighted by atomic mass is 16.7. The van der Waals surface area contributed by atoms with Gasteiger partial charge in [0.05, 0.1) is 17.3 Å². The van der Waals surface area contributed by atoms with Gasteiger partial charge in [0.15, 0.2) is 0 Å². The lowest BCUT2D eigenvalue weighted by Gasteiger charge is -2.32. The van der Waals surface area contributed by atoms with Gasteiger partial charge in [-0.3, -0.25) is 0 Å². The quantitative estimate of drug-likeness (QED) is 0.711. The van der Waals surface area contributed by atoms with Gasteiger partial charge in [-0.15, -0.1) is 0 Å². The molecule has 0 radical (unpaired) electrons. The van der Waals surface area contributed by atoms with Crippen LogP contribution in [0.3, 0.4) is 0 Å². The fourth-order valence-corrected chi connectivity index (χ4v) is 2.80. The van der Waals surface area contributed by atoms with Crippen molar-refractivity contribution in [3.05, 3.63) is 54.1 Å². The van der Waals surface area contributed by atoms with Gasteiger partial charge in [-0.05, 0) is 76.8 Å². The van der Waals surface area contributed by atoms with Crippen molar-refractivity contribution in [2.45, 2.75) is 65.5 Å². The highest BCUT2D eigenvalue weighted by molar-refractivity contribution is 6.62. The molecule has 5 heteroatoms. The largest absolute Gasteiger partial charge is 0.494 e. The fraction of sp³-hybridized carbons (Fsp3) is 0.455. The average molecular weight is 368 g/mol. The van der Waals surface area contributed by atoms with E-state index < -0.39 is 0 Å². The predicted octanol–water partition coefficient (Wildman–Crippen LogP) is 4.35. The summed E-state index contributed by atoms with van der Waals surface area (Å²) < 4.78 is 23.7. The van der Waals surface area contributed by atoms with Crippen molar-refractivity contribution in [3.8, 4) is 11.5 Å². The van der Waals surface area contributed by atoms with Crippen LogP contribution in [0.5, 0.6) is 11.5 Å². The standard InChI is InChI=1S/C22H29BO4/c1-16(2)25-20-11-7-17(8-12-20)15-24-19-13-9-18(10-14-19)23-26-21(3,4)22(5,6)27-23/h7-14,16H,15H2,1-6H3. The molecule has 0 saturated carbocycles. The molecule has 2 aromatic rings. The molecule has 2 aromatic carbocycles. The molecule has 144 valence electrons. The zero-order valence-electron chi connectivity index (χ0n) is 17.1. The van der Waals surface area contributed by atoms with Crippen molar-refractivity contribution in [3.63, 3.8) is 0 Å². The Morgan fingerprint density at radius 1 is 0.815 bits per heavy atom. The first-order valence-corrected chi connectivity index (χ1v) is 9.50. The monoisotopic (exact) mass is 368 g/mol. The van der Waals surface area contributed by atoms with Crippen LogP contribution in [0, 0.1) is 0 Å². The van der Waals surface area contributed by atoms with Gasteiger partial charge in [-0.1, -0.05) is 24.3 Å². The second-order valence-electron chi connectivity index (χ2n) is 8.26. The van der Waals surface area contributed by atoms with Gasteiger partial charge < -0.3 is 18.8 Å². The van der Waals surface area contributed by atoms with Gasteiger partial charge in [-0.2, -0.15) is 0 Å². The summed E-state index contributed by atoms with van der Waals surface area (Å²) in [5.74, 6) is 1.69. The minimum atomic E-state index is -0.349. The van der Waals surface area contributed by atoms with E-state index >= 15 is 0 Å². The molecule has 27 heavy (non-hydrogen) atoms. The molecule has 0 aromatic heterocycles. The molecule has 4 nitrogen and oxygen atoms in total. The number of ether oxygens (including phenoxy) is 2. The van der Waals surface area contributed by atoms with E-state index in [2.05, 4.69) is 27.7 Å². The number of rotatable bonds is 6. The number of benzene rings is 2. The molecule has 0 atom stereocenters. The molecule has 1 fully saturated rings. The van der Waals surface area contributed by atoms with E-state index in [1.165, 1.54) is 0 Å². The minimum Gasteiger partial charge on any atom is -0.491 e. The smallest absolute Gasteiger partial charge is 0.491 e. The van der Waals surface area contributed by atoms with E-state index in [9.17, 15) is 0 Å². The molecule has 1 saturated heterocycles. The SMILES string of the molecule is CC(C)Oc1ccc(COc2ccc(B3OC(C)(C)C(C)(C)O3)cc2)cc1. The van der Waals surface area contributed by atoms with Gasteiger partial charge in [-0.25, -0.2) is 0 Å². The third kappa shape index (κ3) is 4.66. The van der Waals surface area contributed by atoms with Gasteiger partial charge in [0.2, 0.25) is 0 Å². The van der Waals surface area contributed by atoms with E-state index in [4.69, 9.17) is 18.8 Å². The molecule has 3 rings (SSSR count). The Kier molecular flexibility index (Phi) is 5.54. The zero-order chi connectivity index (χ0) is 19.7. The molecule has 0 spiro atoms. The van der Waals surface area contributed by atoms with Crippen molar-refractivity contribution in [1.82, 2.24) is 0 Å². The van der Waals surface area contributed by atoms with Crippen molar-refractivity contribution in [2.24, 2.45) is 0 Å². The van der Waals surface area contributed by atoms with Crippen LogP contribution in [0.1, 0.15) is 47.1 Å². The molecular weight excluding hydrogens is 339 g/mol. The second kappa shape index (κ2) is 7.57. The number of hydrogen-bond donors (Lipinski definition) is 0. The first-order chi connectivity index (χ1) is 12.7. The van der Waals surface area contributed by atoms with Crippen LogP contribution in [-0.2, 0) is 15.9 Å². The lowest BCUT2D eigenvalue weighted by molar-refractivity contribution is 0.00578.